The topological polar surface area (TPSA) is 73.6 Å². The van der Waals surface area contributed by atoms with Crippen molar-refractivity contribution in [3.63, 3.8) is 0 Å². The average molecular weight is 316 g/mol. The predicted molar refractivity (Wildman–Crippen MR) is 84.2 cm³/mol. The molecule has 0 saturated carbocycles. The van der Waals surface area contributed by atoms with Crippen LogP contribution in [-0.4, -0.2) is 37.3 Å². The number of methoxy groups -OCH3 is 1. The van der Waals surface area contributed by atoms with Crippen molar-refractivity contribution in [2.24, 2.45) is 0 Å². The molecule has 1 aliphatic rings. The molecule has 6 heteroatoms. The number of aromatic nitrogens is 1. The molecule has 23 heavy (non-hydrogen) atoms. The van der Waals surface area contributed by atoms with Crippen LogP contribution in [0.25, 0.3) is 11.5 Å². The second-order valence-corrected chi connectivity index (χ2v) is 5.42. The van der Waals surface area contributed by atoms with Crippen LogP contribution < -0.4 is 10.1 Å². The van der Waals surface area contributed by atoms with Crippen molar-refractivity contribution in [2.75, 3.05) is 20.3 Å². The van der Waals surface area contributed by atoms with Gasteiger partial charge < -0.3 is 19.2 Å². The van der Waals surface area contributed by atoms with Gasteiger partial charge in [-0.1, -0.05) is 0 Å². The Morgan fingerprint density at radius 3 is 2.91 bits per heavy atom. The molecule has 1 aliphatic heterocycles. The summed E-state index contributed by atoms with van der Waals surface area (Å²) in [6.45, 7) is 1.19. The summed E-state index contributed by atoms with van der Waals surface area (Å²) in [5.41, 5.74) is 1.70. The molecule has 0 bridgehead atoms. The molecule has 1 saturated heterocycles. The third kappa shape index (κ3) is 3.90. The molecule has 1 fully saturated rings. The fourth-order valence-corrected chi connectivity index (χ4v) is 2.50. The van der Waals surface area contributed by atoms with E-state index in [1.807, 2.05) is 24.3 Å². The van der Waals surface area contributed by atoms with Gasteiger partial charge in [-0.25, -0.2) is 4.98 Å². The van der Waals surface area contributed by atoms with Gasteiger partial charge in [-0.2, -0.15) is 0 Å². The van der Waals surface area contributed by atoms with E-state index in [4.69, 9.17) is 13.9 Å². The summed E-state index contributed by atoms with van der Waals surface area (Å²) >= 11 is 0. The molecule has 1 aromatic carbocycles. The number of carbonyl (C=O) groups excluding carboxylic acids is 1. The maximum absolute atomic E-state index is 11.8. The molecular formula is C17H20N2O4. The minimum absolute atomic E-state index is 0.0404. The van der Waals surface area contributed by atoms with Crippen molar-refractivity contribution in [1.29, 1.82) is 0 Å². The van der Waals surface area contributed by atoms with E-state index in [1.165, 1.54) is 0 Å². The molecule has 1 unspecified atom stereocenters. The SMILES string of the molecule is COc1ccc(-c2nc(CCNC(=O)C3CCCO3)co2)cc1. The number of rotatable bonds is 6. The number of benzene rings is 1. The van der Waals surface area contributed by atoms with Crippen molar-refractivity contribution in [1.82, 2.24) is 10.3 Å². The first-order chi connectivity index (χ1) is 11.3. The summed E-state index contributed by atoms with van der Waals surface area (Å²) in [6.07, 6.45) is 3.71. The highest BCUT2D eigenvalue weighted by atomic mass is 16.5. The van der Waals surface area contributed by atoms with E-state index >= 15 is 0 Å². The van der Waals surface area contributed by atoms with E-state index in [1.54, 1.807) is 13.4 Å². The van der Waals surface area contributed by atoms with Gasteiger partial charge in [0, 0.05) is 25.1 Å². The predicted octanol–water partition coefficient (Wildman–Crippen LogP) is 2.19. The number of nitrogens with zero attached hydrogens (tertiary/aromatic N) is 1. The second-order valence-electron chi connectivity index (χ2n) is 5.42. The monoisotopic (exact) mass is 316 g/mol. The molecular weight excluding hydrogens is 296 g/mol. The molecule has 2 aromatic rings. The quantitative estimate of drug-likeness (QED) is 0.884. The zero-order valence-electron chi connectivity index (χ0n) is 13.1. The van der Waals surface area contributed by atoms with Gasteiger partial charge >= 0.3 is 0 Å². The van der Waals surface area contributed by atoms with E-state index in [-0.39, 0.29) is 12.0 Å². The van der Waals surface area contributed by atoms with Crippen LogP contribution in [0.2, 0.25) is 0 Å². The van der Waals surface area contributed by atoms with Crippen molar-refractivity contribution < 1.29 is 18.7 Å². The number of ether oxygens (including phenoxy) is 2. The van der Waals surface area contributed by atoms with Crippen molar-refractivity contribution >= 4 is 5.91 Å². The Balaban J connectivity index is 1.51. The van der Waals surface area contributed by atoms with Crippen molar-refractivity contribution in [3.8, 4) is 17.2 Å². The van der Waals surface area contributed by atoms with Crippen LogP contribution in [0.5, 0.6) is 5.75 Å². The van der Waals surface area contributed by atoms with Gasteiger partial charge in [-0.05, 0) is 37.1 Å². The highest BCUT2D eigenvalue weighted by Gasteiger charge is 2.22. The van der Waals surface area contributed by atoms with E-state index in [9.17, 15) is 4.79 Å². The zero-order chi connectivity index (χ0) is 16.1. The molecule has 0 spiro atoms. The molecule has 1 atom stereocenters. The lowest BCUT2D eigenvalue weighted by molar-refractivity contribution is -0.129. The zero-order valence-corrected chi connectivity index (χ0v) is 13.1. The lowest BCUT2D eigenvalue weighted by atomic mass is 10.2. The summed E-state index contributed by atoms with van der Waals surface area (Å²) in [5, 5.41) is 2.88. The van der Waals surface area contributed by atoms with Gasteiger partial charge in [0.25, 0.3) is 0 Å². The summed E-state index contributed by atoms with van der Waals surface area (Å²) in [5.74, 6) is 1.31. The third-order valence-corrected chi connectivity index (χ3v) is 3.79. The minimum Gasteiger partial charge on any atom is -0.497 e. The molecule has 1 aromatic heterocycles. The molecule has 3 rings (SSSR count). The highest BCUT2D eigenvalue weighted by molar-refractivity contribution is 5.80. The first-order valence-electron chi connectivity index (χ1n) is 7.74. The van der Waals surface area contributed by atoms with Crippen molar-refractivity contribution in [3.05, 3.63) is 36.2 Å². The average Bonchev–Trinajstić information content (AvgIpc) is 3.27. The number of nitrogens with one attached hydrogen (secondary N) is 1. The Labute approximate surface area is 134 Å². The third-order valence-electron chi connectivity index (χ3n) is 3.79. The summed E-state index contributed by atoms with van der Waals surface area (Å²) in [7, 11) is 1.63. The Bertz CT molecular complexity index is 645. The normalized spacial score (nSPS) is 17.2. The van der Waals surface area contributed by atoms with Crippen LogP contribution in [0.3, 0.4) is 0 Å². The van der Waals surface area contributed by atoms with Gasteiger partial charge in [0.2, 0.25) is 11.8 Å². The van der Waals surface area contributed by atoms with E-state index in [0.717, 1.165) is 29.8 Å². The molecule has 1 amide bonds. The van der Waals surface area contributed by atoms with Crippen molar-refractivity contribution in [2.45, 2.75) is 25.4 Å². The summed E-state index contributed by atoms with van der Waals surface area (Å²) < 4.78 is 16.0. The van der Waals surface area contributed by atoms with Gasteiger partial charge in [0.15, 0.2) is 0 Å². The molecule has 2 heterocycles. The lowest BCUT2D eigenvalue weighted by Crippen LogP contribution is -2.35. The maximum atomic E-state index is 11.8. The highest BCUT2D eigenvalue weighted by Crippen LogP contribution is 2.21. The van der Waals surface area contributed by atoms with Crippen LogP contribution >= 0.6 is 0 Å². The lowest BCUT2D eigenvalue weighted by Gasteiger charge is -2.09. The van der Waals surface area contributed by atoms with E-state index < -0.39 is 0 Å². The van der Waals surface area contributed by atoms with Gasteiger partial charge in [-0.15, -0.1) is 0 Å². The number of hydrogen-bond acceptors (Lipinski definition) is 5. The molecule has 0 aliphatic carbocycles. The Hall–Kier alpha value is -2.34. The van der Waals surface area contributed by atoms with Gasteiger partial charge in [0.05, 0.1) is 12.8 Å². The maximum Gasteiger partial charge on any atom is 0.249 e. The Morgan fingerprint density at radius 1 is 1.39 bits per heavy atom. The molecule has 6 nitrogen and oxygen atoms in total. The smallest absolute Gasteiger partial charge is 0.249 e. The Morgan fingerprint density at radius 2 is 2.22 bits per heavy atom. The number of amides is 1. The first kappa shape index (κ1) is 15.6. The van der Waals surface area contributed by atoms with Gasteiger partial charge in [-0.3, -0.25) is 4.79 Å². The molecule has 122 valence electrons. The Kier molecular flexibility index (Phi) is 4.92. The number of hydrogen-bond donors (Lipinski definition) is 1. The second kappa shape index (κ2) is 7.28. The van der Waals surface area contributed by atoms with Gasteiger partial charge in [0.1, 0.15) is 18.1 Å². The standard InChI is InChI=1S/C17H20N2O4/c1-21-14-6-4-12(5-7-14)17-19-13(11-23-17)8-9-18-16(20)15-3-2-10-22-15/h4-7,11,15H,2-3,8-10H2,1H3,(H,18,20). The largest absolute Gasteiger partial charge is 0.497 e. The van der Waals surface area contributed by atoms with Crippen LogP contribution in [0.4, 0.5) is 0 Å². The first-order valence-corrected chi connectivity index (χ1v) is 7.74. The van der Waals surface area contributed by atoms with E-state index in [0.29, 0.717) is 25.5 Å². The molecule has 1 N–H and O–H groups in total. The number of oxazole rings is 1. The summed E-state index contributed by atoms with van der Waals surface area (Å²) in [6, 6.07) is 7.52. The van der Waals surface area contributed by atoms with Crippen LogP contribution in [-0.2, 0) is 16.0 Å². The fraction of sp³-hybridized carbons (Fsp3) is 0.412. The van der Waals surface area contributed by atoms with Crippen LogP contribution in [0.1, 0.15) is 18.5 Å². The summed E-state index contributed by atoms with van der Waals surface area (Å²) in [4.78, 5) is 16.3. The number of carbonyl (C=O) groups is 1. The molecule has 0 radical (unpaired) electrons. The van der Waals surface area contributed by atoms with E-state index in [2.05, 4.69) is 10.3 Å². The van der Waals surface area contributed by atoms with Crippen LogP contribution in [0, 0.1) is 0 Å². The minimum atomic E-state index is -0.290. The fourth-order valence-electron chi connectivity index (χ4n) is 2.50. The van der Waals surface area contributed by atoms with Crippen LogP contribution in [0.15, 0.2) is 34.9 Å².